The first-order valence-corrected chi connectivity index (χ1v) is 5.04. The van der Waals surface area contributed by atoms with E-state index in [1.54, 1.807) is 0 Å². The largest absolute Gasteiger partial charge is 0.327 e. The summed E-state index contributed by atoms with van der Waals surface area (Å²) >= 11 is 0. The molecule has 2 rings (SSSR count). The van der Waals surface area contributed by atoms with Gasteiger partial charge in [0.1, 0.15) is 0 Å². The van der Waals surface area contributed by atoms with Crippen molar-refractivity contribution >= 4 is 0 Å². The van der Waals surface area contributed by atoms with E-state index in [2.05, 4.69) is 13.8 Å². The highest BCUT2D eigenvalue weighted by molar-refractivity contribution is 4.76. The lowest BCUT2D eigenvalue weighted by Crippen LogP contribution is -2.50. The smallest absolute Gasteiger partial charge is 0.282 e. The molecule has 0 unspecified atom stereocenters. The van der Waals surface area contributed by atoms with Gasteiger partial charge in [-0.1, -0.05) is 13.8 Å². The van der Waals surface area contributed by atoms with Crippen molar-refractivity contribution in [1.29, 1.82) is 0 Å². The Labute approximate surface area is 79.4 Å². The summed E-state index contributed by atoms with van der Waals surface area (Å²) in [5.74, 6) is -0.687. The molecule has 76 valence electrons. The number of ether oxygens (including phenoxy) is 3. The highest BCUT2D eigenvalue weighted by Crippen LogP contribution is 2.35. The molecule has 0 aromatic rings. The molecule has 1 spiro atoms. The molecule has 2 heterocycles. The Morgan fingerprint density at radius 3 is 2.15 bits per heavy atom. The molecule has 13 heavy (non-hydrogen) atoms. The van der Waals surface area contributed by atoms with Gasteiger partial charge < -0.3 is 14.2 Å². The second kappa shape index (κ2) is 3.23. The molecular weight excluding hydrogens is 168 g/mol. The summed E-state index contributed by atoms with van der Waals surface area (Å²) in [6, 6.07) is 0. The van der Waals surface area contributed by atoms with Gasteiger partial charge in [0, 0.05) is 11.8 Å². The van der Waals surface area contributed by atoms with Crippen LogP contribution in [0.4, 0.5) is 0 Å². The first-order valence-electron chi connectivity index (χ1n) is 5.04. The Bertz CT molecular complexity index is 171. The van der Waals surface area contributed by atoms with Gasteiger partial charge in [-0.3, -0.25) is 0 Å². The lowest BCUT2D eigenvalue weighted by Gasteiger charge is -2.44. The third-order valence-electron chi connectivity index (χ3n) is 2.56. The molecule has 0 bridgehead atoms. The van der Waals surface area contributed by atoms with Crippen molar-refractivity contribution in [2.24, 2.45) is 5.41 Å². The Kier molecular flexibility index (Phi) is 2.34. The number of hydrogen-bond donors (Lipinski definition) is 0. The fourth-order valence-corrected chi connectivity index (χ4v) is 1.67. The second-order valence-corrected chi connectivity index (χ2v) is 4.73. The molecule has 3 nitrogen and oxygen atoms in total. The zero-order valence-corrected chi connectivity index (χ0v) is 8.47. The van der Waals surface area contributed by atoms with Crippen molar-refractivity contribution in [3.8, 4) is 0 Å². The van der Waals surface area contributed by atoms with Crippen LogP contribution >= 0.6 is 0 Å². The summed E-state index contributed by atoms with van der Waals surface area (Å²) in [6.07, 6.45) is 3.14. The highest BCUT2D eigenvalue weighted by Gasteiger charge is 2.42. The SMILES string of the molecule is CC1(C)COC2(CCCCO2)OC1. The highest BCUT2D eigenvalue weighted by atomic mass is 16.9. The molecule has 0 N–H and O–H groups in total. The van der Waals surface area contributed by atoms with Gasteiger partial charge in [-0.05, 0) is 12.8 Å². The zero-order valence-electron chi connectivity index (χ0n) is 8.47. The maximum Gasteiger partial charge on any atom is 0.282 e. The van der Waals surface area contributed by atoms with Crippen molar-refractivity contribution in [3.05, 3.63) is 0 Å². The monoisotopic (exact) mass is 186 g/mol. The molecule has 2 fully saturated rings. The van der Waals surface area contributed by atoms with Crippen molar-refractivity contribution in [2.45, 2.75) is 39.1 Å². The summed E-state index contributed by atoms with van der Waals surface area (Å²) in [7, 11) is 0. The van der Waals surface area contributed by atoms with E-state index in [0.717, 1.165) is 39.1 Å². The van der Waals surface area contributed by atoms with Crippen LogP contribution in [0.5, 0.6) is 0 Å². The summed E-state index contributed by atoms with van der Waals surface area (Å²) in [6.45, 7) is 6.51. The maximum atomic E-state index is 5.68. The molecule has 2 saturated heterocycles. The molecule has 0 aromatic carbocycles. The van der Waals surface area contributed by atoms with E-state index in [1.807, 2.05) is 0 Å². The van der Waals surface area contributed by atoms with Gasteiger partial charge in [-0.15, -0.1) is 0 Å². The molecule has 2 aliphatic rings. The molecule has 0 radical (unpaired) electrons. The van der Waals surface area contributed by atoms with E-state index >= 15 is 0 Å². The average molecular weight is 186 g/mol. The van der Waals surface area contributed by atoms with Gasteiger partial charge >= 0.3 is 0 Å². The van der Waals surface area contributed by atoms with Crippen molar-refractivity contribution in [2.75, 3.05) is 19.8 Å². The number of rotatable bonds is 0. The minimum absolute atomic E-state index is 0.131. The fourth-order valence-electron chi connectivity index (χ4n) is 1.67. The minimum Gasteiger partial charge on any atom is -0.327 e. The molecule has 0 amide bonds. The van der Waals surface area contributed by atoms with Crippen molar-refractivity contribution < 1.29 is 14.2 Å². The van der Waals surface area contributed by atoms with Gasteiger partial charge in [0.25, 0.3) is 5.97 Å². The maximum absolute atomic E-state index is 5.68. The third kappa shape index (κ3) is 2.03. The van der Waals surface area contributed by atoms with E-state index in [9.17, 15) is 0 Å². The van der Waals surface area contributed by atoms with Crippen LogP contribution in [-0.4, -0.2) is 25.8 Å². The normalized spacial score (nSPS) is 31.8. The number of hydrogen-bond acceptors (Lipinski definition) is 3. The lowest BCUT2D eigenvalue weighted by molar-refractivity contribution is -0.427. The zero-order chi connectivity index (χ0) is 9.36. The van der Waals surface area contributed by atoms with Crippen LogP contribution in [0.15, 0.2) is 0 Å². The van der Waals surface area contributed by atoms with Crippen LogP contribution in [-0.2, 0) is 14.2 Å². The quantitative estimate of drug-likeness (QED) is 0.578. The van der Waals surface area contributed by atoms with Crippen molar-refractivity contribution in [3.63, 3.8) is 0 Å². The first-order chi connectivity index (χ1) is 6.12. The first kappa shape index (κ1) is 9.44. The van der Waals surface area contributed by atoms with E-state index in [0.29, 0.717) is 0 Å². The summed E-state index contributed by atoms with van der Waals surface area (Å²) < 4.78 is 16.9. The van der Waals surface area contributed by atoms with E-state index in [-0.39, 0.29) is 5.41 Å². The summed E-state index contributed by atoms with van der Waals surface area (Å²) in [5, 5.41) is 0. The summed E-state index contributed by atoms with van der Waals surface area (Å²) in [4.78, 5) is 0. The lowest BCUT2D eigenvalue weighted by atomic mass is 9.95. The topological polar surface area (TPSA) is 27.7 Å². The van der Waals surface area contributed by atoms with Crippen LogP contribution in [0, 0.1) is 5.41 Å². The molecule has 3 heteroatoms. The predicted octanol–water partition coefficient (Wildman–Crippen LogP) is 1.91. The molecule has 2 aliphatic heterocycles. The molecule has 0 saturated carbocycles. The van der Waals surface area contributed by atoms with Crippen LogP contribution in [0.1, 0.15) is 33.1 Å². The Morgan fingerprint density at radius 1 is 0.923 bits per heavy atom. The summed E-state index contributed by atoms with van der Waals surface area (Å²) in [5.41, 5.74) is 0.131. The van der Waals surface area contributed by atoms with Gasteiger partial charge in [-0.2, -0.15) is 0 Å². The van der Waals surface area contributed by atoms with Crippen LogP contribution in [0.3, 0.4) is 0 Å². The van der Waals surface area contributed by atoms with Gasteiger partial charge in [-0.25, -0.2) is 0 Å². The fraction of sp³-hybridized carbons (Fsp3) is 1.00. The minimum atomic E-state index is -0.687. The molecule has 0 aromatic heterocycles. The second-order valence-electron chi connectivity index (χ2n) is 4.73. The van der Waals surface area contributed by atoms with Crippen LogP contribution < -0.4 is 0 Å². The Hall–Kier alpha value is -0.120. The predicted molar refractivity (Wildman–Crippen MR) is 48.2 cm³/mol. The van der Waals surface area contributed by atoms with Crippen LogP contribution in [0.25, 0.3) is 0 Å². The van der Waals surface area contributed by atoms with E-state index in [1.165, 1.54) is 0 Å². The van der Waals surface area contributed by atoms with Crippen molar-refractivity contribution in [1.82, 2.24) is 0 Å². The van der Waals surface area contributed by atoms with Crippen LogP contribution in [0.2, 0.25) is 0 Å². The van der Waals surface area contributed by atoms with Gasteiger partial charge in [0.2, 0.25) is 0 Å². The Morgan fingerprint density at radius 2 is 1.62 bits per heavy atom. The third-order valence-corrected chi connectivity index (χ3v) is 2.56. The van der Waals surface area contributed by atoms with Gasteiger partial charge in [0.05, 0.1) is 19.8 Å². The Balaban J connectivity index is 1.95. The average Bonchev–Trinajstić information content (AvgIpc) is 2.13. The standard InChI is InChI=1S/C10H18O3/c1-9(2)7-12-10(13-8-9)5-3-4-6-11-10/h3-8H2,1-2H3. The molecular formula is C10H18O3. The van der Waals surface area contributed by atoms with Gasteiger partial charge in [0.15, 0.2) is 0 Å². The molecule has 0 aliphatic carbocycles. The van der Waals surface area contributed by atoms with E-state index in [4.69, 9.17) is 14.2 Å². The molecule has 0 atom stereocenters. The van der Waals surface area contributed by atoms with E-state index < -0.39 is 5.97 Å².